The third-order valence-electron chi connectivity index (χ3n) is 9.98. The van der Waals surface area contributed by atoms with Gasteiger partial charge in [0.15, 0.2) is 11.2 Å². The second kappa shape index (κ2) is 10.8. The van der Waals surface area contributed by atoms with E-state index < -0.39 is 0 Å². The SMILES string of the molecule is c1cc(-c2ccc3oc4ccc(-c5cccc(-c6ccc7oc8cccnc8c7c6)c5)cc4c3c2)cc(-c2ccc3oc4cccnc4c3c2)c1. The predicted molar refractivity (Wildman–Crippen MR) is 206 cm³/mol. The van der Waals surface area contributed by atoms with Crippen LogP contribution in [0.4, 0.5) is 0 Å². The van der Waals surface area contributed by atoms with Crippen LogP contribution in [0.5, 0.6) is 0 Å². The number of fused-ring (bicyclic) bond motifs is 9. The molecule has 0 fully saturated rings. The van der Waals surface area contributed by atoms with Gasteiger partial charge in [0.1, 0.15) is 33.4 Å². The summed E-state index contributed by atoms with van der Waals surface area (Å²) in [5.41, 5.74) is 15.8. The Kier molecular flexibility index (Phi) is 5.89. The number of hydrogen-bond acceptors (Lipinski definition) is 5. The van der Waals surface area contributed by atoms with Gasteiger partial charge in [0.05, 0.1) is 0 Å². The zero-order valence-electron chi connectivity index (χ0n) is 27.1. The van der Waals surface area contributed by atoms with Crippen LogP contribution < -0.4 is 0 Å². The minimum Gasteiger partial charge on any atom is -0.456 e. The molecule has 0 aliphatic carbocycles. The third kappa shape index (κ3) is 4.49. The fourth-order valence-corrected chi connectivity index (χ4v) is 7.45. The smallest absolute Gasteiger partial charge is 0.153 e. The van der Waals surface area contributed by atoms with Crippen LogP contribution in [0.15, 0.2) is 171 Å². The van der Waals surface area contributed by atoms with E-state index in [0.717, 1.165) is 111 Å². The lowest BCUT2D eigenvalue weighted by Gasteiger charge is -2.08. The first-order valence-electron chi connectivity index (χ1n) is 16.9. The van der Waals surface area contributed by atoms with Crippen molar-refractivity contribution in [3.63, 3.8) is 0 Å². The first kappa shape index (κ1) is 27.9. The first-order chi connectivity index (χ1) is 25.2. The Morgan fingerprint density at radius 3 is 1.02 bits per heavy atom. The molecule has 51 heavy (non-hydrogen) atoms. The summed E-state index contributed by atoms with van der Waals surface area (Å²) in [6, 6.07) is 50.7. The standard InChI is InChI=1S/C46H26N2O3/c1-5-27(21-29(7-1)33-13-17-41-37(25-33)45-43(50-41)9-3-19-47-45)31-11-15-39-35(23-31)36-24-32(12-16-40(36)49-39)28-6-2-8-30(22-28)34-14-18-42-38(26-34)46-44(51-42)10-4-20-48-46/h1-26H. The molecule has 5 aromatic heterocycles. The van der Waals surface area contributed by atoms with Gasteiger partial charge in [-0.05, 0) is 129 Å². The van der Waals surface area contributed by atoms with Crippen molar-refractivity contribution >= 4 is 66.1 Å². The van der Waals surface area contributed by atoms with Crippen LogP contribution in [0, 0.1) is 0 Å². The zero-order valence-corrected chi connectivity index (χ0v) is 27.1. The van der Waals surface area contributed by atoms with E-state index >= 15 is 0 Å². The Labute approximate surface area is 291 Å². The van der Waals surface area contributed by atoms with Gasteiger partial charge in [-0.1, -0.05) is 60.7 Å². The number of hydrogen-bond donors (Lipinski definition) is 0. The van der Waals surface area contributed by atoms with Crippen LogP contribution in [-0.2, 0) is 0 Å². The van der Waals surface area contributed by atoms with Crippen molar-refractivity contribution in [1.82, 2.24) is 9.97 Å². The lowest BCUT2D eigenvalue weighted by atomic mass is 9.96. The van der Waals surface area contributed by atoms with Gasteiger partial charge >= 0.3 is 0 Å². The van der Waals surface area contributed by atoms with E-state index in [0.29, 0.717) is 0 Å². The average molecular weight is 655 g/mol. The molecule has 0 saturated carbocycles. The number of rotatable bonds is 4. The number of benzene rings is 6. The van der Waals surface area contributed by atoms with Crippen LogP contribution in [-0.4, -0.2) is 9.97 Å². The molecule has 5 heteroatoms. The summed E-state index contributed by atoms with van der Waals surface area (Å²) in [6.07, 6.45) is 3.62. The highest BCUT2D eigenvalue weighted by molar-refractivity contribution is 6.08. The van der Waals surface area contributed by atoms with Gasteiger partial charge in [0.2, 0.25) is 0 Å². The Morgan fingerprint density at radius 2 is 0.608 bits per heavy atom. The Bertz CT molecular complexity index is 2950. The number of aromatic nitrogens is 2. The molecule has 5 heterocycles. The quantitative estimate of drug-likeness (QED) is 0.189. The molecule has 5 nitrogen and oxygen atoms in total. The van der Waals surface area contributed by atoms with Crippen LogP contribution in [0.2, 0.25) is 0 Å². The van der Waals surface area contributed by atoms with Crippen molar-refractivity contribution in [2.24, 2.45) is 0 Å². The Hall–Kier alpha value is -6.98. The van der Waals surface area contributed by atoms with Gasteiger partial charge in [0, 0.05) is 33.9 Å². The molecule has 0 aliphatic heterocycles. The number of pyridine rings is 2. The molecule has 238 valence electrons. The summed E-state index contributed by atoms with van der Waals surface area (Å²) in [5.74, 6) is 0. The summed E-state index contributed by atoms with van der Waals surface area (Å²) in [7, 11) is 0. The minimum atomic E-state index is 0.800. The van der Waals surface area contributed by atoms with Crippen LogP contribution >= 0.6 is 0 Å². The average Bonchev–Trinajstić information content (AvgIpc) is 3.88. The van der Waals surface area contributed by atoms with Gasteiger partial charge in [-0.15, -0.1) is 0 Å². The predicted octanol–water partition coefficient (Wildman–Crippen LogP) is 12.8. The molecule has 6 aromatic carbocycles. The molecule has 0 bridgehead atoms. The first-order valence-corrected chi connectivity index (χ1v) is 16.9. The zero-order chi connectivity index (χ0) is 33.5. The molecular weight excluding hydrogens is 629 g/mol. The maximum absolute atomic E-state index is 6.33. The molecule has 0 N–H and O–H groups in total. The monoisotopic (exact) mass is 654 g/mol. The molecule has 0 radical (unpaired) electrons. The van der Waals surface area contributed by atoms with Crippen molar-refractivity contribution in [3.8, 4) is 44.5 Å². The van der Waals surface area contributed by atoms with E-state index in [1.807, 2.05) is 48.8 Å². The Morgan fingerprint density at radius 1 is 0.275 bits per heavy atom. The maximum Gasteiger partial charge on any atom is 0.153 e. The fourth-order valence-electron chi connectivity index (χ4n) is 7.45. The van der Waals surface area contributed by atoms with E-state index in [-0.39, 0.29) is 0 Å². The molecule has 0 unspecified atom stereocenters. The third-order valence-corrected chi connectivity index (χ3v) is 9.98. The van der Waals surface area contributed by atoms with Crippen LogP contribution in [0.25, 0.3) is 111 Å². The van der Waals surface area contributed by atoms with Crippen LogP contribution in [0.1, 0.15) is 0 Å². The van der Waals surface area contributed by atoms with E-state index in [4.69, 9.17) is 13.3 Å². The van der Waals surface area contributed by atoms with Crippen molar-refractivity contribution in [1.29, 1.82) is 0 Å². The largest absolute Gasteiger partial charge is 0.456 e. The van der Waals surface area contributed by atoms with E-state index in [9.17, 15) is 0 Å². The molecule has 0 saturated heterocycles. The fraction of sp³-hybridized carbons (Fsp3) is 0. The summed E-state index contributed by atoms with van der Waals surface area (Å²) in [4.78, 5) is 9.14. The second-order valence-corrected chi connectivity index (χ2v) is 13.0. The molecular formula is C46H26N2O3. The lowest BCUT2D eigenvalue weighted by Crippen LogP contribution is -1.83. The number of nitrogens with zero attached hydrogens (tertiary/aromatic N) is 2. The molecule has 0 atom stereocenters. The topological polar surface area (TPSA) is 65.2 Å². The highest BCUT2D eigenvalue weighted by atomic mass is 16.3. The molecule has 0 aliphatic rings. The summed E-state index contributed by atoms with van der Waals surface area (Å²) < 4.78 is 18.4. The minimum absolute atomic E-state index is 0.800. The highest BCUT2D eigenvalue weighted by Gasteiger charge is 2.14. The Balaban J connectivity index is 0.965. The van der Waals surface area contributed by atoms with E-state index in [1.165, 1.54) is 0 Å². The van der Waals surface area contributed by atoms with Crippen molar-refractivity contribution in [2.75, 3.05) is 0 Å². The van der Waals surface area contributed by atoms with E-state index in [1.54, 1.807) is 0 Å². The summed E-state index contributed by atoms with van der Waals surface area (Å²) in [6.45, 7) is 0. The van der Waals surface area contributed by atoms with Crippen molar-refractivity contribution < 1.29 is 13.3 Å². The van der Waals surface area contributed by atoms with Gasteiger partial charge in [-0.3, -0.25) is 9.97 Å². The van der Waals surface area contributed by atoms with E-state index in [2.05, 4.69) is 119 Å². The normalized spacial score (nSPS) is 11.9. The number of furan rings is 3. The van der Waals surface area contributed by atoms with Gasteiger partial charge < -0.3 is 13.3 Å². The lowest BCUT2D eigenvalue weighted by molar-refractivity contribution is 0.668. The van der Waals surface area contributed by atoms with Crippen molar-refractivity contribution in [3.05, 3.63) is 158 Å². The molecule has 0 spiro atoms. The maximum atomic E-state index is 6.33. The molecule has 11 rings (SSSR count). The molecule has 11 aromatic rings. The summed E-state index contributed by atoms with van der Waals surface area (Å²) >= 11 is 0. The van der Waals surface area contributed by atoms with Gasteiger partial charge in [-0.25, -0.2) is 0 Å². The summed E-state index contributed by atoms with van der Waals surface area (Å²) in [5, 5.41) is 4.22. The van der Waals surface area contributed by atoms with Gasteiger partial charge in [0.25, 0.3) is 0 Å². The second-order valence-electron chi connectivity index (χ2n) is 13.0. The van der Waals surface area contributed by atoms with Crippen molar-refractivity contribution in [2.45, 2.75) is 0 Å². The van der Waals surface area contributed by atoms with Crippen LogP contribution in [0.3, 0.4) is 0 Å². The molecule has 0 amide bonds. The highest BCUT2D eigenvalue weighted by Crippen LogP contribution is 2.38. The van der Waals surface area contributed by atoms with Gasteiger partial charge in [-0.2, -0.15) is 0 Å².